The Labute approximate surface area is 159 Å². The molecule has 3 heterocycles. The van der Waals surface area contributed by atoms with E-state index in [4.69, 9.17) is 19.4 Å². The number of carbonyl (C=O) groups is 2. The predicted octanol–water partition coefficient (Wildman–Crippen LogP) is 2.01. The molecule has 0 aromatic carbocycles. The van der Waals surface area contributed by atoms with Gasteiger partial charge in [-0.05, 0) is 6.07 Å². The van der Waals surface area contributed by atoms with Crippen molar-refractivity contribution in [3.8, 4) is 5.88 Å². The van der Waals surface area contributed by atoms with E-state index in [1.54, 1.807) is 25.2 Å². The van der Waals surface area contributed by atoms with E-state index in [1.807, 2.05) is 23.1 Å². The number of aromatic nitrogens is 1. The maximum atomic E-state index is 11.9. The number of halogens is 3. The van der Waals surface area contributed by atoms with Gasteiger partial charge in [0.1, 0.15) is 11.7 Å². The van der Waals surface area contributed by atoms with Crippen molar-refractivity contribution in [3.63, 3.8) is 0 Å². The van der Waals surface area contributed by atoms with Crippen LogP contribution in [0.4, 0.5) is 18.0 Å². The van der Waals surface area contributed by atoms with Gasteiger partial charge in [-0.15, -0.1) is 0 Å². The van der Waals surface area contributed by atoms with E-state index in [1.165, 1.54) is 0 Å². The van der Waals surface area contributed by atoms with Crippen molar-refractivity contribution in [1.82, 2.24) is 14.8 Å². The van der Waals surface area contributed by atoms with Crippen LogP contribution >= 0.6 is 0 Å². The number of carbonyl (C=O) groups excluding carboxylic acids is 1. The SMILES string of the molecule is CN(C)C(=O)N1CC2(CC(Oc3ccccn3)CCO2)C1.O=C(O)C(F)(F)F. The van der Waals surface area contributed by atoms with Crippen molar-refractivity contribution in [1.29, 1.82) is 0 Å². The largest absolute Gasteiger partial charge is 0.490 e. The number of hydrogen-bond donors (Lipinski definition) is 1. The van der Waals surface area contributed by atoms with Gasteiger partial charge in [0.15, 0.2) is 0 Å². The lowest BCUT2D eigenvalue weighted by Crippen LogP contribution is -2.68. The van der Waals surface area contributed by atoms with Gasteiger partial charge in [-0.3, -0.25) is 0 Å². The number of nitrogens with zero attached hydrogens (tertiary/aromatic N) is 3. The second-order valence-corrected chi connectivity index (χ2v) is 6.77. The van der Waals surface area contributed by atoms with Crippen LogP contribution < -0.4 is 4.74 Å². The lowest BCUT2D eigenvalue weighted by molar-refractivity contribution is -0.192. The summed E-state index contributed by atoms with van der Waals surface area (Å²) >= 11 is 0. The van der Waals surface area contributed by atoms with E-state index in [9.17, 15) is 18.0 Å². The first-order valence-corrected chi connectivity index (χ1v) is 8.50. The first kappa shape index (κ1) is 21.7. The number of likely N-dealkylation sites (tertiary alicyclic amines) is 1. The Morgan fingerprint density at radius 3 is 2.50 bits per heavy atom. The second-order valence-electron chi connectivity index (χ2n) is 6.77. The third-order valence-electron chi connectivity index (χ3n) is 4.23. The molecular formula is C17H22F3N3O5. The molecule has 2 aliphatic rings. The van der Waals surface area contributed by atoms with Gasteiger partial charge in [-0.1, -0.05) is 6.07 Å². The van der Waals surface area contributed by atoms with Gasteiger partial charge in [0.25, 0.3) is 0 Å². The zero-order chi connectivity index (χ0) is 20.9. The third kappa shape index (κ3) is 5.72. The molecule has 1 aromatic rings. The Morgan fingerprint density at radius 2 is 2.00 bits per heavy atom. The highest BCUT2D eigenvalue weighted by Crippen LogP contribution is 2.35. The number of carboxylic acids is 1. The van der Waals surface area contributed by atoms with Gasteiger partial charge in [0.2, 0.25) is 5.88 Å². The normalized spacial score (nSPS) is 20.5. The highest BCUT2D eigenvalue weighted by Gasteiger charge is 2.50. The van der Waals surface area contributed by atoms with Crippen molar-refractivity contribution < 1.29 is 37.3 Å². The molecule has 2 saturated heterocycles. The van der Waals surface area contributed by atoms with E-state index in [0.717, 1.165) is 12.8 Å². The van der Waals surface area contributed by atoms with Gasteiger partial charge in [-0.25, -0.2) is 14.6 Å². The number of rotatable bonds is 2. The van der Waals surface area contributed by atoms with E-state index < -0.39 is 12.1 Å². The summed E-state index contributed by atoms with van der Waals surface area (Å²) in [6, 6.07) is 5.69. The van der Waals surface area contributed by atoms with Crippen LogP contribution in [0.1, 0.15) is 12.8 Å². The summed E-state index contributed by atoms with van der Waals surface area (Å²) in [5.41, 5.74) is -0.233. The van der Waals surface area contributed by atoms with Crippen LogP contribution in [0.3, 0.4) is 0 Å². The summed E-state index contributed by atoms with van der Waals surface area (Å²) < 4.78 is 43.6. The summed E-state index contributed by atoms with van der Waals surface area (Å²) in [4.78, 5) is 28.4. The molecule has 0 aliphatic carbocycles. The molecule has 2 fully saturated rings. The van der Waals surface area contributed by atoms with Crippen molar-refractivity contribution in [2.24, 2.45) is 0 Å². The van der Waals surface area contributed by atoms with Crippen LogP contribution in [0.25, 0.3) is 0 Å². The zero-order valence-corrected chi connectivity index (χ0v) is 15.5. The molecule has 0 radical (unpaired) electrons. The first-order chi connectivity index (χ1) is 13.0. The number of ether oxygens (including phenoxy) is 2. The highest BCUT2D eigenvalue weighted by molar-refractivity contribution is 5.75. The van der Waals surface area contributed by atoms with E-state index in [0.29, 0.717) is 25.6 Å². The average molecular weight is 405 g/mol. The number of aliphatic carboxylic acids is 1. The van der Waals surface area contributed by atoms with Gasteiger partial charge in [-0.2, -0.15) is 13.2 Å². The summed E-state index contributed by atoms with van der Waals surface area (Å²) in [5, 5.41) is 7.12. The number of hydrogen-bond acceptors (Lipinski definition) is 5. The Kier molecular flexibility index (Phi) is 6.70. The molecule has 2 aliphatic heterocycles. The van der Waals surface area contributed by atoms with Crippen LogP contribution in [0.5, 0.6) is 5.88 Å². The smallest absolute Gasteiger partial charge is 0.475 e. The van der Waals surface area contributed by atoms with Crippen LogP contribution in [-0.4, -0.2) is 83.6 Å². The maximum Gasteiger partial charge on any atom is 0.490 e. The molecule has 1 spiro atoms. The molecule has 1 aromatic heterocycles. The lowest BCUT2D eigenvalue weighted by Gasteiger charge is -2.53. The molecule has 1 N–H and O–H groups in total. The van der Waals surface area contributed by atoms with Gasteiger partial charge < -0.3 is 24.4 Å². The van der Waals surface area contributed by atoms with Crippen molar-refractivity contribution in [2.75, 3.05) is 33.8 Å². The monoisotopic (exact) mass is 405 g/mol. The summed E-state index contributed by atoms with van der Waals surface area (Å²) in [6.45, 7) is 1.96. The van der Waals surface area contributed by atoms with E-state index in [-0.39, 0.29) is 17.7 Å². The lowest BCUT2D eigenvalue weighted by atomic mass is 9.85. The van der Waals surface area contributed by atoms with Crippen LogP contribution in [0.15, 0.2) is 24.4 Å². The Balaban J connectivity index is 0.000000345. The molecule has 1 unspecified atom stereocenters. The van der Waals surface area contributed by atoms with Crippen LogP contribution in [0, 0.1) is 0 Å². The molecule has 1 atom stereocenters. The number of amides is 2. The summed E-state index contributed by atoms with van der Waals surface area (Å²) in [7, 11) is 3.53. The fourth-order valence-electron chi connectivity index (χ4n) is 2.96. The maximum absolute atomic E-state index is 11.9. The minimum Gasteiger partial charge on any atom is -0.475 e. The minimum absolute atomic E-state index is 0.0389. The fourth-order valence-corrected chi connectivity index (χ4v) is 2.96. The molecule has 11 heteroatoms. The molecule has 156 valence electrons. The fraction of sp³-hybridized carbons (Fsp3) is 0.588. The Bertz CT molecular complexity index is 678. The van der Waals surface area contributed by atoms with Crippen molar-refractivity contribution in [3.05, 3.63) is 24.4 Å². The Hall–Kier alpha value is -2.56. The second kappa shape index (κ2) is 8.63. The number of urea groups is 1. The van der Waals surface area contributed by atoms with Crippen molar-refractivity contribution in [2.45, 2.75) is 30.7 Å². The summed E-state index contributed by atoms with van der Waals surface area (Å²) in [6.07, 6.45) is -1.59. The molecule has 0 saturated carbocycles. The van der Waals surface area contributed by atoms with E-state index in [2.05, 4.69) is 4.98 Å². The first-order valence-electron chi connectivity index (χ1n) is 8.50. The molecule has 0 bridgehead atoms. The number of alkyl halides is 3. The van der Waals surface area contributed by atoms with Gasteiger partial charge >= 0.3 is 18.2 Å². The predicted molar refractivity (Wildman–Crippen MR) is 90.9 cm³/mol. The molecule has 28 heavy (non-hydrogen) atoms. The topological polar surface area (TPSA) is 92.2 Å². The standard InChI is InChI=1S/C15H21N3O3.C2HF3O2/c1-17(2)14(19)18-10-15(11-18)9-12(6-8-20-15)21-13-5-3-4-7-16-13;3-2(4,5)1(6)7/h3-5,7,12H,6,8-11H2,1-2H3;(H,6,7). The van der Waals surface area contributed by atoms with E-state index >= 15 is 0 Å². The van der Waals surface area contributed by atoms with Crippen LogP contribution in [0.2, 0.25) is 0 Å². The molecule has 3 rings (SSSR count). The molecule has 8 nitrogen and oxygen atoms in total. The van der Waals surface area contributed by atoms with Crippen LogP contribution in [-0.2, 0) is 9.53 Å². The van der Waals surface area contributed by atoms with Gasteiger partial charge in [0.05, 0.1) is 19.7 Å². The minimum atomic E-state index is -5.08. The van der Waals surface area contributed by atoms with Gasteiger partial charge in [0, 0.05) is 39.2 Å². The molecule has 2 amide bonds. The quantitative estimate of drug-likeness (QED) is 0.809. The number of pyridine rings is 1. The Morgan fingerprint density at radius 1 is 1.36 bits per heavy atom. The highest BCUT2D eigenvalue weighted by atomic mass is 19.4. The molecular weight excluding hydrogens is 383 g/mol. The third-order valence-corrected chi connectivity index (χ3v) is 4.23. The summed E-state index contributed by atoms with van der Waals surface area (Å²) in [5.74, 6) is -2.10. The zero-order valence-electron chi connectivity index (χ0n) is 15.5. The van der Waals surface area contributed by atoms with Crippen molar-refractivity contribution >= 4 is 12.0 Å². The average Bonchev–Trinajstić information content (AvgIpc) is 2.59. The number of carboxylic acid groups (broad SMARTS) is 1.